The molecule has 0 aliphatic rings. The van der Waals surface area contributed by atoms with Gasteiger partial charge in [-0.15, -0.1) is 0 Å². The lowest BCUT2D eigenvalue weighted by atomic mass is 10.0. The SMILES string of the molecule is O=C(O)C[C@H](O)C[C@H](O)C=CC(=Cc1ccccc1)c1ccccc1. The second-order valence-corrected chi connectivity index (χ2v) is 5.79. The monoisotopic (exact) mass is 338 g/mol. The number of carbonyl (C=O) groups is 1. The molecule has 0 aliphatic heterocycles. The first-order chi connectivity index (χ1) is 12.0. The maximum atomic E-state index is 10.6. The van der Waals surface area contributed by atoms with E-state index in [4.69, 9.17) is 5.11 Å². The number of carboxylic acid groups (broad SMARTS) is 1. The van der Waals surface area contributed by atoms with E-state index in [1.807, 2.05) is 66.7 Å². The zero-order chi connectivity index (χ0) is 18.1. The highest BCUT2D eigenvalue weighted by Crippen LogP contribution is 2.20. The Hall–Kier alpha value is -2.69. The van der Waals surface area contributed by atoms with E-state index in [1.54, 1.807) is 12.2 Å². The molecule has 4 nitrogen and oxygen atoms in total. The lowest BCUT2D eigenvalue weighted by Gasteiger charge is -2.11. The summed E-state index contributed by atoms with van der Waals surface area (Å²) < 4.78 is 0. The van der Waals surface area contributed by atoms with Gasteiger partial charge in [-0.2, -0.15) is 0 Å². The Morgan fingerprint density at radius 1 is 0.960 bits per heavy atom. The van der Waals surface area contributed by atoms with E-state index in [9.17, 15) is 15.0 Å². The first-order valence-corrected chi connectivity index (χ1v) is 8.13. The van der Waals surface area contributed by atoms with Crippen LogP contribution in [0.5, 0.6) is 0 Å². The highest BCUT2D eigenvalue weighted by atomic mass is 16.4. The molecule has 0 amide bonds. The largest absolute Gasteiger partial charge is 0.481 e. The van der Waals surface area contributed by atoms with Crippen LogP contribution in [0.25, 0.3) is 11.6 Å². The fraction of sp³-hybridized carbons (Fsp3) is 0.190. The van der Waals surface area contributed by atoms with Gasteiger partial charge >= 0.3 is 5.97 Å². The van der Waals surface area contributed by atoms with Crippen LogP contribution in [-0.2, 0) is 4.79 Å². The predicted octanol–water partition coefficient (Wildman–Crippen LogP) is 3.37. The summed E-state index contributed by atoms with van der Waals surface area (Å²) in [4.78, 5) is 10.6. The topological polar surface area (TPSA) is 77.8 Å². The molecule has 2 rings (SSSR count). The molecule has 0 bridgehead atoms. The van der Waals surface area contributed by atoms with E-state index in [0.717, 1.165) is 16.7 Å². The summed E-state index contributed by atoms with van der Waals surface area (Å²) in [5, 5.41) is 28.3. The Bertz CT molecular complexity index is 720. The Morgan fingerprint density at radius 2 is 1.56 bits per heavy atom. The third-order valence-electron chi connectivity index (χ3n) is 3.65. The van der Waals surface area contributed by atoms with Crippen LogP contribution in [-0.4, -0.2) is 33.5 Å². The molecule has 0 spiro atoms. The number of aliphatic hydroxyl groups is 2. The summed E-state index contributed by atoms with van der Waals surface area (Å²) >= 11 is 0. The average Bonchev–Trinajstić information content (AvgIpc) is 2.59. The van der Waals surface area contributed by atoms with Gasteiger partial charge in [0, 0.05) is 6.42 Å². The van der Waals surface area contributed by atoms with E-state index in [1.165, 1.54) is 0 Å². The average molecular weight is 338 g/mol. The van der Waals surface area contributed by atoms with Crippen LogP contribution in [0.4, 0.5) is 0 Å². The molecule has 0 fully saturated rings. The number of aliphatic carboxylic acids is 1. The van der Waals surface area contributed by atoms with Crippen LogP contribution in [0, 0.1) is 0 Å². The van der Waals surface area contributed by atoms with Crippen molar-refractivity contribution < 1.29 is 20.1 Å². The smallest absolute Gasteiger partial charge is 0.305 e. The summed E-state index contributed by atoms with van der Waals surface area (Å²) in [7, 11) is 0. The van der Waals surface area contributed by atoms with E-state index in [-0.39, 0.29) is 12.8 Å². The number of benzene rings is 2. The zero-order valence-corrected chi connectivity index (χ0v) is 13.8. The van der Waals surface area contributed by atoms with Crippen molar-refractivity contribution in [2.24, 2.45) is 0 Å². The number of hydrogen-bond acceptors (Lipinski definition) is 3. The van der Waals surface area contributed by atoms with Crippen LogP contribution in [0.1, 0.15) is 24.0 Å². The van der Waals surface area contributed by atoms with Crippen LogP contribution in [0.3, 0.4) is 0 Å². The van der Waals surface area contributed by atoms with Crippen molar-refractivity contribution in [2.45, 2.75) is 25.0 Å². The Kier molecular flexibility index (Phi) is 7.14. The van der Waals surface area contributed by atoms with Gasteiger partial charge in [-0.1, -0.05) is 72.8 Å². The Morgan fingerprint density at radius 3 is 2.16 bits per heavy atom. The molecule has 2 aromatic carbocycles. The Labute approximate surface area is 147 Å². The van der Waals surface area contributed by atoms with Gasteiger partial charge in [0.2, 0.25) is 0 Å². The second-order valence-electron chi connectivity index (χ2n) is 5.79. The predicted molar refractivity (Wildman–Crippen MR) is 98.8 cm³/mol. The van der Waals surface area contributed by atoms with Crippen molar-refractivity contribution in [3.05, 3.63) is 83.9 Å². The molecular weight excluding hydrogens is 316 g/mol. The maximum absolute atomic E-state index is 10.6. The zero-order valence-electron chi connectivity index (χ0n) is 13.8. The van der Waals surface area contributed by atoms with E-state index >= 15 is 0 Å². The third-order valence-corrected chi connectivity index (χ3v) is 3.65. The molecule has 0 radical (unpaired) electrons. The molecule has 3 N–H and O–H groups in total. The first-order valence-electron chi connectivity index (χ1n) is 8.13. The van der Waals surface area contributed by atoms with Gasteiger partial charge < -0.3 is 15.3 Å². The minimum absolute atomic E-state index is 0.0177. The summed E-state index contributed by atoms with van der Waals surface area (Å²) in [5.74, 6) is -1.09. The van der Waals surface area contributed by atoms with Gasteiger partial charge in [-0.3, -0.25) is 4.79 Å². The summed E-state index contributed by atoms with van der Waals surface area (Å²) in [6, 6.07) is 19.6. The molecular formula is C21H22O4. The van der Waals surface area contributed by atoms with Crippen molar-refractivity contribution in [3.8, 4) is 0 Å². The highest BCUT2D eigenvalue weighted by Gasteiger charge is 2.13. The molecule has 130 valence electrons. The minimum atomic E-state index is -1.09. The van der Waals surface area contributed by atoms with Gasteiger partial charge in [0.1, 0.15) is 0 Å². The van der Waals surface area contributed by atoms with Gasteiger partial charge in [-0.25, -0.2) is 0 Å². The normalized spacial score (nSPS) is 14.4. The highest BCUT2D eigenvalue weighted by molar-refractivity contribution is 5.87. The molecule has 0 heterocycles. The number of hydrogen-bond donors (Lipinski definition) is 3. The third kappa shape index (κ3) is 6.75. The van der Waals surface area contributed by atoms with Crippen molar-refractivity contribution >= 4 is 17.6 Å². The fourth-order valence-electron chi connectivity index (χ4n) is 2.44. The van der Waals surface area contributed by atoms with Gasteiger partial charge in [0.15, 0.2) is 0 Å². The van der Waals surface area contributed by atoms with Crippen molar-refractivity contribution in [2.75, 3.05) is 0 Å². The van der Waals surface area contributed by atoms with Crippen LogP contribution >= 0.6 is 0 Å². The molecule has 25 heavy (non-hydrogen) atoms. The van der Waals surface area contributed by atoms with Crippen LogP contribution < -0.4 is 0 Å². The van der Waals surface area contributed by atoms with Crippen LogP contribution in [0.15, 0.2) is 72.8 Å². The standard InChI is InChI=1S/C21H22O4/c22-19(14-20(23)15-21(24)25)12-11-18(17-9-5-2-6-10-17)13-16-7-3-1-4-8-16/h1-13,19-20,22-23H,14-15H2,(H,24,25)/t19-,20-/m1/s1. The van der Waals surface area contributed by atoms with Crippen molar-refractivity contribution in [1.29, 1.82) is 0 Å². The summed E-state index contributed by atoms with van der Waals surface area (Å²) in [6.07, 6.45) is 2.99. The lowest BCUT2D eigenvalue weighted by molar-refractivity contribution is -0.139. The molecule has 4 heteroatoms. The minimum Gasteiger partial charge on any atom is -0.481 e. The molecule has 0 aliphatic carbocycles. The molecule has 2 aromatic rings. The second kappa shape index (κ2) is 9.57. The fourth-order valence-corrected chi connectivity index (χ4v) is 2.44. The molecule has 0 aromatic heterocycles. The van der Waals surface area contributed by atoms with Crippen molar-refractivity contribution in [1.82, 2.24) is 0 Å². The number of aliphatic hydroxyl groups excluding tert-OH is 2. The Balaban J connectivity index is 2.16. The number of rotatable bonds is 8. The maximum Gasteiger partial charge on any atom is 0.305 e. The van der Waals surface area contributed by atoms with Crippen LogP contribution in [0.2, 0.25) is 0 Å². The van der Waals surface area contributed by atoms with Gasteiger partial charge in [-0.05, 0) is 22.8 Å². The molecule has 0 unspecified atom stereocenters. The molecule has 0 saturated carbocycles. The lowest BCUT2D eigenvalue weighted by Crippen LogP contribution is -2.19. The van der Waals surface area contributed by atoms with E-state index < -0.39 is 18.2 Å². The van der Waals surface area contributed by atoms with Gasteiger partial charge in [0.05, 0.1) is 18.6 Å². The number of allylic oxidation sites excluding steroid dienone is 2. The van der Waals surface area contributed by atoms with E-state index in [2.05, 4.69) is 0 Å². The quantitative estimate of drug-likeness (QED) is 0.509. The number of carboxylic acids is 1. The molecule has 0 saturated heterocycles. The summed E-state index contributed by atoms with van der Waals surface area (Å²) in [6.45, 7) is 0. The van der Waals surface area contributed by atoms with E-state index in [0.29, 0.717) is 0 Å². The van der Waals surface area contributed by atoms with Gasteiger partial charge in [0.25, 0.3) is 0 Å². The first kappa shape index (κ1) is 18.6. The molecule has 2 atom stereocenters. The summed E-state index contributed by atoms with van der Waals surface area (Å²) in [5.41, 5.74) is 2.95. The van der Waals surface area contributed by atoms with Crippen molar-refractivity contribution in [3.63, 3.8) is 0 Å².